The van der Waals surface area contributed by atoms with Crippen LogP contribution in [0.1, 0.15) is 28.0 Å². The van der Waals surface area contributed by atoms with Crippen LogP contribution in [0.25, 0.3) is 0 Å². The molecular formula is C16H19ClN4O3. The Morgan fingerprint density at radius 1 is 1.33 bits per heavy atom. The van der Waals surface area contributed by atoms with Crippen molar-refractivity contribution in [3.8, 4) is 0 Å². The number of aromatic nitrogens is 1. The van der Waals surface area contributed by atoms with Crippen molar-refractivity contribution >= 4 is 29.1 Å². The number of nitrogens with zero attached hydrogens (tertiary/aromatic N) is 1. The molecule has 0 aliphatic rings. The predicted molar refractivity (Wildman–Crippen MR) is 91.0 cm³/mol. The van der Waals surface area contributed by atoms with E-state index < -0.39 is 0 Å². The Balaban J connectivity index is 2.00. The molecule has 2 rings (SSSR count). The maximum absolute atomic E-state index is 12.2. The molecule has 8 heteroatoms. The van der Waals surface area contributed by atoms with Gasteiger partial charge in [0.2, 0.25) is 11.1 Å². The van der Waals surface area contributed by atoms with Crippen LogP contribution >= 0.6 is 11.6 Å². The highest BCUT2D eigenvalue weighted by Gasteiger charge is 2.15. The third-order valence-corrected chi connectivity index (χ3v) is 3.71. The lowest BCUT2D eigenvalue weighted by Crippen LogP contribution is -2.30. The number of para-hydroxylation sites is 1. The van der Waals surface area contributed by atoms with Crippen LogP contribution in [0, 0.1) is 6.92 Å². The van der Waals surface area contributed by atoms with E-state index in [-0.39, 0.29) is 23.5 Å². The molecule has 0 saturated heterocycles. The molecule has 0 unspecified atom stereocenters. The van der Waals surface area contributed by atoms with Crippen LogP contribution in [0.15, 0.2) is 28.8 Å². The zero-order valence-electron chi connectivity index (χ0n) is 13.3. The van der Waals surface area contributed by atoms with Crippen LogP contribution in [-0.2, 0) is 11.2 Å². The summed E-state index contributed by atoms with van der Waals surface area (Å²) in [6, 6.07) is 6.79. The van der Waals surface area contributed by atoms with Gasteiger partial charge in [0.1, 0.15) is 0 Å². The minimum Gasteiger partial charge on any atom is -0.351 e. The summed E-state index contributed by atoms with van der Waals surface area (Å²) in [5, 5.41) is 9.36. The van der Waals surface area contributed by atoms with Crippen LogP contribution in [-0.4, -0.2) is 30.1 Å². The number of benzene rings is 1. The maximum Gasteiger partial charge on any atom is 0.253 e. The molecule has 0 bridgehead atoms. The SMILES string of the molecule is Cc1noc(Cl)c1CCC(=O)Nc1ccccc1C(=O)NCCN. The number of nitrogens with one attached hydrogen (secondary N) is 2. The second kappa shape index (κ2) is 8.47. The molecule has 0 aliphatic carbocycles. The highest BCUT2D eigenvalue weighted by Crippen LogP contribution is 2.21. The molecule has 0 atom stereocenters. The third kappa shape index (κ3) is 4.56. The van der Waals surface area contributed by atoms with Crippen molar-refractivity contribution in [1.82, 2.24) is 10.5 Å². The summed E-state index contributed by atoms with van der Waals surface area (Å²) in [6.07, 6.45) is 0.599. The Labute approximate surface area is 144 Å². The van der Waals surface area contributed by atoms with E-state index >= 15 is 0 Å². The summed E-state index contributed by atoms with van der Waals surface area (Å²) in [6.45, 7) is 2.48. The summed E-state index contributed by atoms with van der Waals surface area (Å²) in [5.74, 6) is -0.514. The molecule has 0 fully saturated rings. The minimum atomic E-state index is -0.283. The fourth-order valence-electron chi connectivity index (χ4n) is 2.16. The molecule has 0 spiro atoms. The summed E-state index contributed by atoms with van der Waals surface area (Å²) in [7, 11) is 0. The fourth-order valence-corrected chi connectivity index (χ4v) is 2.43. The van der Waals surface area contributed by atoms with Gasteiger partial charge in [0.15, 0.2) is 0 Å². The van der Waals surface area contributed by atoms with Crippen LogP contribution < -0.4 is 16.4 Å². The van der Waals surface area contributed by atoms with Crippen molar-refractivity contribution in [2.24, 2.45) is 5.73 Å². The average molecular weight is 351 g/mol. The smallest absolute Gasteiger partial charge is 0.253 e. The normalized spacial score (nSPS) is 10.5. The number of carbonyl (C=O) groups excluding carboxylic acids is 2. The molecule has 1 aromatic heterocycles. The van der Waals surface area contributed by atoms with E-state index in [1.807, 2.05) is 0 Å². The summed E-state index contributed by atoms with van der Waals surface area (Å²) >= 11 is 5.88. The number of halogens is 1. The van der Waals surface area contributed by atoms with E-state index in [1.165, 1.54) is 0 Å². The minimum absolute atomic E-state index is 0.195. The molecule has 0 saturated carbocycles. The first-order chi connectivity index (χ1) is 11.5. The van der Waals surface area contributed by atoms with Gasteiger partial charge >= 0.3 is 0 Å². The first kappa shape index (κ1) is 18.0. The standard InChI is InChI=1S/C16H19ClN4O3/c1-10-11(15(17)24-21-10)6-7-14(22)20-13-5-3-2-4-12(13)16(23)19-9-8-18/h2-5H,6-9,18H2,1H3,(H,19,23)(H,20,22). The predicted octanol–water partition coefficient (Wildman–Crippen LogP) is 1.90. The lowest BCUT2D eigenvalue weighted by Gasteiger charge is -2.11. The van der Waals surface area contributed by atoms with Gasteiger partial charge in [0, 0.05) is 25.1 Å². The van der Waals surface area contributed by atoms with Crippen LogP contribution in [0.2, 0.25) is 5.22 Å². The largest absolute Gasteiger partial charge is 0.351 e. The number of hydrogen-bond acceptors (Lipinski definition) is 5. The Kier molecular flexibility index (Phi) is 6.34. The van der Waals surface area contributed by atoms with E-state index in [9.17, 15) is 9.59 Å². The Bertz CT molecular complexity index is 710. The molecule has 1 heterocycles. The van der Waals surface area contributed by atoms with E-state index in [1.54, 1.807) is 31.2 Å². The second-order valence-corrected chi connectivity index (χ2v) is 5.50. The number of nitrogens with two attached hydrogens (primary N) is 1. The molecule has 7 nitrogen and oxygen atoms in total. The van der Waals surface area contributed by atoms with Crippen molar-refractivity contribution < 1.29 is 14.1 Å². The lowest BCUT2D eigenvalue weighted by atomic mass is 10.1. The number of rotatable bonds is 7. The molecule has 2 aromatic rings. The molecule has 0 aliphatic heterocycles. The van der Waals surface area contributed by atoms with E-state index in [0.717, 1.165) is 0 Å². The van der Waals surface area contributed by atoms with Gasteiger partial charge in [-0.25, -0.2) is 0 Å². The Hall–Kier alpha value is -2.38. The highest BCUT2D eigenvalue weighted by molar-refractivity contribution is 6.29. The van der Waals surface area contributed by atoms with Gasteiger partial charge in [-0.1, -0.05) is 17.3 Å². The van der Waals surface area contributed by atoms with Gasteiger partial charge in [-0.15, -0.1) is 0 Å². The van der Waals surface area contributed by atoms with Gasteiger partial charge in [-0.3, -0.25) is 9.59 Å². The number of aryl methyl sites for hydroxylation is 1. The number of hydrogen-bond donors (Lipinski definition) is 3. The molecule has 0 radical (unpaired) electrons. The first-order valence-corrected chi connectivity index (χ1v) is 7.88. The summed E-state index contributed by atoms with van der Waals surface area (Å²) in [5.41, 5.74) is 7.58. The van der Waals surface area contributed by atoms with Gasteiger partial charge in [-0.05, 0) is 37.1 Å². The van der Waals surface area contributed by atoms with Crippen molar-refractivity contribution in [3.05, 3.63) is 46.3 Å². The second-order valence-electron chi connectivity index (χ2n) is 5.16. The van der Waals surface area contributed by atoms with E-state index in [0.29, 0.717) is 42.0 Å². The Morgan fingerprint density at radius 2 is 2.08 bits per heavy atom. The van der Waals surface area contributed by atoms with Crippen LogP contribution in [0.4, 0.5) is 5.69 Å². The van der Waals surface area contributed by atoms with Crippen molar-refractivity contribution in [2.45, 2.75) is 19.8 Å². The monoisotopic (exact) mass is 350 g/mol. The lowest BCUT2D eigenvalue weighted by molar-refractivity contribution is -0.116. The molecule has 1 aromatic carbocycles. The van der Waals surface area contributed by atoms with E-state index in [4.69, 9.17) is 21.9 Å². The fraction of sp³-hybridized carbons (Fsp3) is 0.312. The first-order valence-electron chi connectivity index (χ1n) is 7.50. The summed E-state index contributed by atoms with van der Waals surface area (Å²) < 4.78 is 4.85. The molecule has 24 heavy (non-hydrogen) atoms. The third-order valence-electron chi connectivity index (χ3n) is 3.41. The molecule has 4 N–H and O–H groups in total. The van der Waals surface area contributed by atoms with Gasteiger partial charge < -0.3 is 20.9 Å². The quantitative estimate of drug-likeness (QED) is 0.706. The van der Waals surface area contributed by atoms with Crippen molar-refractivity contribution in [2.75, 3.05) is 18.4 Å². The average Bonchev–Trinajstić information content (AvgIpc) is 2.89. The van der Waals surface area contributed by atoms with Crippen molar-refractivity contribution in [3.63, 3.8) is 0 Å². The number of amides is 2. The number of carbonyl (C=O) groups is 2. The zero-order chi connectivity index (χ0) is 17.5. The van der Waals surface area contributed by atoms with E-state index in [2.05, 4.69) is 15.8 Å². The maximum atomic E-state index is 12.2. The topological polar surface area (TPSA) is 110 Å². The molecule has 2 amide bonds. The Morgan fingerprint density at radius 3 is 2.75 bits per heavy atom. The van der Waals surface area contributed by atoms with Gasteiger partial charge in [0.25, 0.3) is 5.91 Å². The van der Waals surface area contributed by atoms with Crippen molar-refractivity contribution in [1.29, 1.82) is 0 Å². The zero-order valence-corrected chi connectivity index (χ0v) is 14.0. The van der Waals surface area contributed by atoms with Crippen LogP contribution in [0.3, 0.4) is 0 Å². The highest BCUT2D eigenvalue weighted by atomic mass is 35.5. The van der Waals surface area contributed by atoms with Gasteiger partial charge in [0.05, 0.1) is 16.9 Å². The van der Waals surface area contributed by atoms with Crippen LogP contribution in [0.5, 0.6) is 0 Å². The molecule has 128 valence electrons. The number of anilines is 1. The summed E-state index contributed by atoms with van der Waals surface area (Å²) in [4.78, 5) is 24.2. The van der Waals surface area contributed by atoms with Gasteiger partial charge in [-0.2, -0.15) is 0 Å². The molecular weight excluding hydrogens is 332 g/mol.